The van der Waals surface area contributed by atoms with Gasteiger partial charge in [-0.3, -0.25) is 14.7 Å². The molecule has 0 spiro atoms. The van der Waals surface area contributed by atoms with Gasteiger partial charge in [-0.2, -0.15) is 13.2 Å². The van der Waals surface area contributed by atoms with Crippen molar-refractivity contribution in [1.82, 2.24) is 14.8 Å². The van der Waals surface area contributed by atoms with Gasteiger partial charge in [0.1, 0.15) is 0 Å². The van der Waals surface area contributed by atoms with Gasteiger partial charge < -0.3 is 4.90 Å². The minimum atomic E-state index is -4.42. The second-order valence-electron chi connectivity index (χ2n) is 7.26. The molecule has 2 aromatic rings. The Morgan fingerprint density at radius 2 is 1.89 bits per heavy atom. The summed E-state index contributed by atoms with van der Waals surface area (Å²) in [5, 5.41) is 0. The summed E-state index contributed by atoms with van der Waals surface area (Å²) in [4.78, 5) is 20.6. The molecular formula is C21H24F3N3O. The van der Waals surface area contributed by atoms with Crippen LogP contribution in [0.1, 0.15) is 29.5 Å². The Hall–Kier alpha value is -2.41. The first-order chi connectivity index (χ1) is 13.3. The van der Waals surface area contributed by atoms with E-state index in [0.29, 0.717) is 12.8 Å². The minimum absolute atomic E-state index is 0.0373. The number of nitrogens with zero attached hydrogens (tertiary/aromatic N) is 3. The molecule has 0 saturated carbocycles. The SMILES string of the molecule is CN(Cc1ccccc1C(F)(F)F)C(=O)C1CCN(Cc2cccnc2)CC1. The van der Waals surface area contributed by atoms with Crippen molar-refractivity contribution in [3.8, 4) is 0 Å². The van der Waals surface area contributed by atoms with Gasteiger partial charge in [-0.05, 0) is 49.2 Å². The van der Waals surface area contributed by atoms with E-state index in [1.807, 2.05) is 18.3 Å². The van der Waals surface area contributed by atoms with E-state index in [2.05, 4.69) is 9.88 Å². The highest BCUT2D eigenvalue weighted by molar-refractivity contribution is 5.78. The van der Waals surface area contributed by atoms with Crippen molar-refractivity contribution in [2.75, 3.05) is 20.1 Å². The molecule has 1 aliphatic rings. The van der Waals surface area contributed by atoms with Crippen LogP contribution in [0.3, 0.4) is 0 Å². The predicted molar refractivity (Wildman–Crippen MR) is 100 cm³/mol. The Morgan fingerprint density at radius 3 is 2.54 bits per heavy atom. The summed E-state index contributed by atoms with van der Waals surface area (Å²) in [6.07, 6.45) is 0.580. The molecule has 0 bridgehead atoms. The van der Waals surface area contributed by atoms with E-state index in [0.717, 1.165) is 31.3 Å². The van der Waals surface area contributed by atoms with E-state index in [-0.39, 0.29) is 23.9 Å². The molecule has 1 aromatic heterocycles. The maximum absolute atomic E-state index is 13.2. The van der Waals surface area contributed by atoms with E-state index in [1.165, 1.54) is 17.0 Å². The van der Waals surface area contributed by atoms with Crippen LogP contribution < -0.4 is 0 Å². The number of rotatable bonds is 5. The van der Waals surface area contributed by atoms with Gasteiger partial charge in [0.05, 0.1) is 5.56 Å². The number of likely N-dealkylation sites (tertiary alicyclic amines) is 1. The van der Waals surface area contributed by atoms with Crippen LogP contribution in [0.2, 0.25) is 0 Å². The van der Waals surface area contributed by atoms with Gasteiger partial charge in [-0.1, -0.05) is 24.3 Å². The van der Waals surface area contributed by atoms with Crippen LogP contribution in [-0.2, 0) is 24.1 Å². The molecule has 150 valence electrons. The highest BCUT2D eigenvalue weighted by Gasteiger charge is 2.34. The van der Waals surface area contributed by atoms with Crippen molar-refractivity contribution in [1.29, 1.82) is 0 Å². The largest absolute Gasteiger partial charge is 0.416 e. The predicted octanol–water partition coefficient (Wildman–Crippen LogP) is 3.97. The number of hydrogen-bond acceptors (Lipinski definition) is 3. The second-order valence-corrected chi connectivity index (χ2v) is 7.26. The molecule has 2 heterocycles. The number of alkyl halides is 3. The number of amides is 1. The topological polar surface area (TPSA) is 36.4 Å². The van der Waals surface area contributed by atoms with Crippen LogP contribution in [0.15, 0.2) is 48.8 Å². The van der Waals surface area contributed by atoms with Crippen molar-refractivity contribution in [2.24, 2.45) is 5.92 Å². The summed E-state index contributed by atoms with van der Waals surface area (Å²) >= 11 is 0. The third-order valence-corrected chi connectivity index (χ3v) is 5.17. The van der Waals surface area contributed by atoms with Gasteiger partial charge in [-0.15, -0.1) is 0 Å². The number of carbonyl (C=O) groups is 1. The second kappa shape index (κ2) is 8.73. The van der Waals surface area contributed by atoms with E-state index < -0.39 is 11.7 Å². The van der Waals surface area contributed by atoms with Crippen LogP contribution in [0, 0.1) is 5.92 Å². The molecule has 0 radical (unpaired) electrons. The molecule has 1 aromatic carbocycles. The molecule has 0 aliphatic carbocycles. The van der Waals surface area contributed by atoms with Crippen molar-refractivity contribution in [3.63, 3.8) is 0 Å². The number of hydrogen-bond donors (Lipinski definition) is 0. The fraction of sp³-hybridized carbons (Fsp3) is 0.429. The van der Waals surface area contributed by atoms with Crippen LogP contribution in [0.4, 0.5) is 13.2 Å². The van der Waals surface area contributed by atoms with Gasteiger partial charge in [-0.25, -0.2) is 0 Å². The van der Waals surface area contributed by atoms with Gasteiger partial charge in [0.15, 0.2) is 0 Å². The summed E-state index contributed by atoms with van der Waals surface area (Å²) < 4.78 is 39.5. The van der Waals surface area contributed by atoms with E-state index in [4.69, 9.17) is 0 Å². The van der Waals surface area contributed by atoms with E-state index >= 15 is 0 Å². The normalized spacial score (nSPS) is 16.1. The zero-order valence-electron chi connectivity index (χ0n) is 15.8. The maximum Gasteiger partial charge on any atom is 0.416 e. The van der Waals surface area contributed by atoms with Crippen LogP contribution in [-0.4, -0.2) is 40.8 Å². The molecule has 28 heavy (non-hydrogen) atoms. The maximum atomic E-state index is 13.2. The fourth-order valence-electron chi connectivity index (χ4n) is 3.67. The smallest absolute Gasteiger partial charge is 0.341 e. The molecule has 0 N–H and O–H groups in total. The monoisotopic (exact) mass is 391 g/mol. The summed E-state index contributed by atoms with van der Waals surface area (Å²) in [6.45, 7) is 2.34. The number of carbonyl (C=O) groups excluding carboxylic acids is 1. The lowest BCUT2D eigenvalue weighted by Crippen LogP contribution is -2.40. The van der Waals surface area contributed by atoms with Crippen molar-refractivity contribution in [3.05, 3.63) is 65.5 Å². The lowest BCUT2D eigenvalue weighted by Gasteiger charge is -2.33. The van der Waals surface area contributed by atoms with Crippen molar-refractivity contribution in [2.45, 2.75) is 32.1 Å². The van der Waals surface area contributed by atoms with Crippen molar-refractivity contribution >= 4 is 5.91 Å². The average Bonchev–Trinajstić information content (AvgIpc) is 2.68. The first-order valence-corrected chi connectivity index (χ1v) is 9.36. The zero-order chi connectivity index (χ0) is 20.1. The molecule has 3 rings (SSSR count). The Labute approximate surface area is 163 Å². The van der Waals surface area contributed by atoms with Gasteiger partial charge in [0.2, 0.25) is 5.91 Å². The van der Waals surface area contributed by atoms with Crippen molar-refractivity contribution < 1.29 is 18.0 Å². The van der Waals surface area contributed by atoms with E-state index in [1.54, 1.807) is 19.3 Å². The standard InChI is InChI=1S/C21H24F3N3O/c1-26(15-18-6-2-3-7-19(18)21(22,23)24)20(28)17-8-11-27(12-9-17)14-16-5-4-10-25-13-16/h2-7,10,13,17H,8-9,11-12,14-15H2,1H3. The molecule has 1 saturated heterocycles. The Morgan fingerprint density at radius 1 is 1.18 bits per heavy atom. The number of benzene rings is 1. The lowest BCUT2D eigenvalue weighted by atomic mass is 9.94. The third kappa shape index (κ3) is 5.10. The molecule has 7 heteroatoms. The zero-order valence-corrected chi connectivity index (χ0v) is 15.8. The molecular weight excluding hydrogens is 367 g/mol. The summed E-state index contributed by atoms with van der Waals surface area (Å²) in [7, 11) is 1.58. The molecule has 0 atom stereocenters. The lowest BCUT2D eigenvalue weighted by molar-refractivity contribution is -0.141. The van der Waals surface area contributed by atoms with Crippen LogP contribution in [0.25, 0.3) is 0 Å². The highest BCUT2D eigenvalue weighted by Crippen LogP contribution is 2.32. The number of pyridine rings is 1. The first kappa shape index (κ1) is 20.3. The van der Waals surface area contributed by atoms with Gasteiger partial charge in [0, 0.05) is 38.4 Å². The van der Waals surface area contributed by atoms with Gasteiger partial charge in [0.25, 0.3) is 0 Å². The van der Waals surface area contributed by atoms with Gasteiger partial charge >= 0.3 is 6.18 Å². The summed E-state index contributed by atoms with van der Waals surface area (Å²) in [6, 6.07) is 9.36. The fourth-order valence-corrected chi connectivity index (χ4v) is 3.67. The number of aromatic nitrogens is 1. The Balaban J connectivity index is 1.55. The van der Waals surface area contributed by atoms with E-state index in [9.17, 15) is 18.0 Å². The molecule has 4 nitrogen and oxygen atoms in total. The van der Waals surface area contributed by atoms with Crippen LogP contribution in [0.5, 0.6) is 0 Å². The highest BCUT2D eigenvalue weighted by atomic mass is 19.4. The van der Waals surface area contributed by atoms with Crippen LogP contribution >= 0.6 is 0 Å². The number of piperidine rings is 1. The summed E-state index contributed by atoms with van der Waals surface area (Å²) in [5.74, 6) is -0.230. The Bertz CT molecular complexity index is 787. The number of halogens is 3. The quantitative estimate of drug-likeness (QED) is 0.774. The third-order valence-electron chi connectivity index (χ3n) is 5.17. The molecule has 1 fully saturated rings. The first-order valence-electron chi connectivity index (χ1n) is 9.36. The molecule has 0 unspecified atom stereocenters. The molecule has 1 aliphatic heterocycles. The Kier molecular flexibility index (Phi) is 6.34. The minimum Gasteiger partial charge on any atom is -0.341 e. The average molecular weight is 391 g/mol. The molecule has 1 amide bonds. The summed E-state index contributed by atoms with van der Waals surface area (Å²) in [5.41, 5.74) is 0.578.